The Morgan fingerprint density at radius 3 is 3.06 bits per heavy atom. The second kappa shape index (κ2) is 4.46. The standard InChI is InChI=1S/C14H22N2O/c1-15-7-5-11(9-15)10-16-8-6-12-13(16)3-2-4-14(12)17/h6,8,11,14,17H,2-5,7,9-10H2,1H3. The topological polar surface area (TPSA) is 28.4 Å². The highest BCUT2D eigenvalue weighted by molar-refractivity contribution is 5.27. The molecule has 0 bridgehead atoms. The first kappa shape index (κ1) is 11.3. The van der Waals surface area contributed by atoms with E-state index < -0.39 is 0 Å². The minimum Gasteiger partial charge on any atom is -0.388 e. The van der Waals surface area contributed by atoms with Crippen molar-refractivity contribution in [3.8, 4) is 0 Å². The lowest BCUT2D eigenvalue weighted by molar-refractivity contribution is 0.155. The summed E-state index contributed by atoms with van der Waals surface area (Å²) in [6, 6.07) is 2.12. The van der Waals surface area contributed by atoms with Crippen LogP contribution in [0, 0.1) is 5.92 Å². The van der Waals surface area contributed by atoms with Gasteiger partial charge < -0.3 is 14.6 Å². The van der Waals surface area contributed by atoms with E-state index >= 15 is 0 Å². The summed E-state index contributed by atoms with van der Waals surface area (Å²) in [7, 11) is 2.20. The van der Waals surface area contributed by atoms with Gasteiger partial charge in [0, 0.05) is 30.5 Å². The lowest BCUT2D eigenvalue weighted by Crippen LogP contribution is -2.19. The van der Waals surface area contributed by atoms with Gasteiger partial charge in [0.15, 0.2) is 0 Å². The second-order valence-electron chi connectivity index (χ2n) is 5.70. The van der Waals surface area contributed by atoms with Gasteiger partial charge in [-0.05, 0) is 51.3 Å². The number of fused-ring (bicyclic) bond motifs is 1. The molecule has 0 amide bonds. The molecule has 2 unspecified atom stereocenters. The predicted octanol–water partition coefficient (Wildman–Crippen LogP) is 1.81. The first-order valence-electron chi connectivity index (χ1n) is 6.78. The van der Waals surface area contributed by atoms with Gasteiger partial charge in [0.2, 0.25) is 0 Å². The number of nitrogens with zero attached hydrogens (tertiary/aromatic N) is 2. The van der Waals surface area contributed by atoms with Gasteiger partial charge in [-0.1, -0.05) is 0 Å². The Labute approximate surface area is 103 Å². The molecule has 0 spiro atoms. The van der Waals surface area contributed by atoms with E-state index in [-0.39, 0.29) is 6.10 Å². The highest BCUT2D eigenvalue weighted by atomic mass is 16.3. The van der Waals surface area contributed by atoms with E-state index in [0.29, 0.717) is 0 Å². The molecule has 0 saturated carbocycles. The molecule has 2 heterocycles. The molecule has 1 aliphatic heterocycles. The molecule has 1 aliphatic carbocycles. The maximum absolute atomic E-state index is 9.96. The van der Waals surface area contributed by atoms with Crippen LogP contribution in [0.1, 0.15) is 36.6 Å². The van der Waals surface area contributed by atoms with Crippen molar-refractivity contribution >= 4 is 0 Å². The maximum atomic E-state index is 9.96. The minimum atomic E-state index is -0.216. The molecule has 3 rings (SSSR count). The zero-order valence-electron chi connectivity index (χ0n) is 10.6. The Hall–Kier alpha value is -0.800. The molecule has 3 heteroatoms. The monoisotopic (exact) mass is 234 g/mol. The van der Waals surface area contributed by atoms with Gasteiger partial charge >= 0.3 is 0 Å². The molecule has 3 nitrogen and oxygen atoms in total. The number of hydrogen-bond acceptors (Lipinski definition) is 2. The van der Waals surface area contributed by atoms with Crippen LogP contribution in [-0.4, -0.2) is 34.7 Å². The number of aliphatic hydroxyl groups excluding tert-OH is 1. The van der Waals surface area contributed by atoms with Gasteiger partial charge in [-0.25, -0.2) is 0 Å². The third-order valence-corrected chi connectivity index (χ3v) is 4.31. The quantitative estimate of drug-likeness (QED) is 0.845. The van der Waals surface area contributed by atoms with Gasteiger partial charge in [-0.15, -0.1) is 0 Å². The molecule has 0 aromatic carbocycles. The Bertz CT molecular complexity index is 399. The molecule has 2 aliphatic rings. The largest absolute Gasteiger partial charge is 0.388 e. The summed E-state index contributed by atoms with van der Waals surface area (Å²) in [6.07, 6.45) is 6.48. The van der Waals surface area contributed by atoms with Crippen LogP contribution in [0.2, 0.25) is 0 Å². The Morgan fingerprint density at radius 1 is 1.41 bits per heavy atom. The zero-order valence-corrected chi connectivity index (χ0v) is 10.6. The number of likely N-dealkylation sites (tertiary alicyclic amines) is 1. The Kier molecular flexibility index (Phi) is 2.97. The summed E-state index contributed by atoms with van der Waals surface area (Å²) in [4.78, 5) is 2.41. The van der Waals surface area contributed by atoms with Gasteiger partial charge in [-0.2, -0.15) is 0 Å². The summed E-state index contributed by atoms with van der Waals surface area (Å²) in [5.74, 6) is 0.788. The van der Waals surface area contributed by atoms with Crippen LogP contribution in [-0.2, 0) is 13.0 Å². The summed E-state index contributed by atoms with van der Waals surface area (Å²) < 4.78 is 2.39. The highest BCUT2D eigenvalue weighted by Crippen LogP contribution is 2.31. The van der Waals surface area contributed by atoms with E-state index in [1.54, 1.807) is 0 Å². The maximum Gasteiger partial charge on any atom is 0.0807 e. The molecule has 1 fully saturated rings. The van der Waals surface area contributed by atoms with Gasteiger partial charge in [-0.3, -0.25) is 0 Å². The average Bonchev–Trinajstić information content (AvgIpc) is 2.88. The zero-order chi connectivity index (χ0) is 11.8. The predicted molar refractivity (Wildman–Crippen MR) is 67.9 cm³/mol. The summed E-state index contributed by atoms with van der Waals surface area (Å²) in [5.41, 5.74) is 2.57. The first-order valence-corrected chi connectivity index (χ1v) is 6.78. The van der Waals surface area contributed by atoms with Crippen molar-refractivity contribution < 1.29 is 5.11 Å². The highest BCUT2D eigenvalue weighted by Gasteiger charge is 2.24. The normalized spacial score (nSPS) is 29.5. The average molecular weight is 234 g/mol. The van der Waals surface area contributed by atoms with E-state index in [4.69, 9.17) is 0 Å². The van der Waals surface area contributed by atoms with Crippen LogP contribution >= 0.6 is 0 Å². The lowest BCUT2D eigenvalue weighted by Gasteiger charge is -2.21. The van der Waals surface area contributed by atoms with E-state index in [2.05, 4.69) is 28.8 Å². The fourth-order valence-electron chi connectivity index (χ4n) is 3.36. The first-order chi connectivity index (χ1) is 8.24. The fraction of sp³-hybridized carbons (Fsp3) is 0.714. The molecule has 1 saturated heterocycles. The number of hydrogen-bond donors (Lipinski definition) is 1. The van der Waals surface area contributed by atoms with Crippen molar-refractivity contribution in [1.29, 1.82) is 0 Å². The molecule has 1 N–H and O–H groups in total. The molecular weight excluding hydrogens is 212 g/mol. The van der Waals surface area contributed by atoms with E-state index in [1.807, 2.05) is 0 Å². The SMILES string of the molecule is CN1CCC(Cn2ccc3c2CCCC3O)C1. The molecule has 17 heavy (non-hydrogen) atoms. The van der Waals surface area contributed by atoms with Crippen LogP contribution in [0.15, 0.2) is 12.3 Å². The molecule has 94 valence electrons. The van der Waals surface area contributed by atoms with Crippen LogP contribution < -0.4 is 0 Å². The molecule has 0 radical (unpaired) electrons. The van der Waals surface area contributed by atoms with Crippen molar-refractivity contribution in [3.05, 3.63) is 23.5 Å². The number of aromatic nitrogens is 1. The van der Waals surface area contributed by atoms with Crippen LogP contribution in [0.5, 0.6) is 0 Å². The molecule has 2 atom stereocenters. The Morgan fingerprint density at radius 2 is 2.29 bits per heavy atom. The number of aliphatic hydroxyl groups is 1. The summed E-state index contributed by atoms with van der Waals surface area (Å²) >= 11 is 0. The van der Waals surface area contributed by atoms with Crippen molar-refractivity contribution in [2.75, 3.05) is 20.1 Å². The molecule has 1 aromatic rings. The molecule has 1 aromatic heterocycles. The van der Waals surface area contributed by atoms with Gasteiger partial charge in [0.05, 0.1) is 6.10 Å². The minimum absolute atomic E-state index is 0.216. The van der Waals surface area contributed by atoms with Crippen molar-refractivity contribution in [3.63, 3.8) is 0 Å². The van der Waals surface area contributed by atoms with Crippen molar-refractivity contribution in [1.82, 2.24) is 9.47 Å². The second-order valence-corrected chi connectivity index (χ2v) is 5.70. The third kappa shape index (κ3) is 2.14. The summed E-state index contributed by atoms with van der Waals surface area (Å²) in [5, 5.41) is 9.96. The van der Waals surface area contributed by atoms with E-state index in [1.165, 1.54) is 30.8 Å². The number of rotatable bonds is 2. The van der Waals surface area contributed by atoms with Crippen LogP contribution in [0.4, 0.5) is 0 Å². The van der Waals surface area contributed by atoms with Crippen LogP contribution in [0.25, 0.3) is 0 Å². The van der Waals surface area contributed by atoms with Crippen molar-refractivity contribution in [2.45, 2.75) is 38.3 Å². The van der Waals surface area contributed by atoms with Crippen LogP contribution in [0.3, 0.4) is 0 Å². The summed E-state index contributed by atoms with van der Waals surface area (Å²) in [6.45, 7) is 3.58. The van der Waals surface area contributed by atoms with E-state index in [0.717, 1.165) is 31.7 Å². The van der Waals surface area contributed by atoms with Crippen molar-refractivity contribution in [2.24, 2.45) is 5.92 Å². The fourth-order valence-corrected chi connectivity index (χ4v) is 3.36. The third-order valence-electron chi connectivity index (χ3n) is 4.31. The molecular formula is C14H22N2O. The lowest BCUT2D eigenvalue weighted by atomic mass is 9.95. The van der Waals surface area contributed by atoms with Gasteiger partial charge in [0.1, 0.15) is 0 Å². The Balaban J connectivity index is 1.75. The smallest absolute Gasteiger partial charge is 0.0807 e. The van der Waals surface area contributed by atoms with Gasteiger partial charge in [0.25, 0.3) is 0 Å². The van der Waals surface area contributed by atoms with E-state index in [9.17, 15) is 5.11 Å².